The van der Waals surface area contributed by atoms with E-state index in [9.17, 15) is 14.7 Å². The number of ether oxygens (including phenoxy) is 2. The normalized spacial score (nSPS) is 22.8. The molecule has 1 aliphatic rings. The lowest BCUT2D eigenvalue weighted by molar-refractivity contribution is -0.144. The average molecular weight is 446 g/mol. The van der Waals surface area contributed by atoms with Crippen molar-refractivity contribution in [1.29, 1.82) is 0 Å². The SMILES string of the molecule is CCOC(=O)CCC1OC(C(C)(C)C)CN(C(=O)O)CC1c1ccc(Cl)c(Cl)c1. The van der Waals surface area contributed by atoms with Gasteiger partial charge < -0.3 is 19.5 Å². The van der Waals surface area contributed by atoms with E-state index in [1.807, 2.05) is 26.8 Å². The summed E-state index contributed by atoms with van der Waals surface area (Å²) in [5, 5.41) is 10.6. The smallest absolute Gasteiger partial charge is 0.407 e. The molecule has 0 aromatic heterocycles. The number of hydrogen-bond acceptors (Lipinski definition) is 4. The van der Waals surface area contributed by atoms with E-state index in [1.165, 1.54) is 4.90 Å². The number of benzene rings is 1. The van der Waals surface area contributed by atoms with E-state index in [1.54, 1.807) is 19.1 Å². The van der Waals surface area contributed by atoms with E-state index < -0.39 is 6.09 Å². The number of carboxylic acid groups (broad SMARTS) is 1. The van der Waals surface area contributed by atoms with Crippen LogP contribution in [0.1, 0.15) is 52.0 Å². The molecule has 3 unspecified atom stereocenters. The summed E-state index contributed by atoms with van der Waals surface area (Å²) >= 11 is 12.3. The molecule has 0 bridgehead atoms. The number of carbonyl (C=O) groups is 2. The highest BCUT2D eigenvalue weighted by molar-refractivity contribution is 6.42. The summed E-state index contributed by atoms with van der Waals surface area (Å²) in [5.41, 5.74) is 0.552. The molecule has 0 saturated carbocycles. The summed E-state index contributed by atoms with van der Waals surface area (Å²) in [5.74, 6) is -0.585. The Balaban J connectivity index is 2.40. The Morgan fingerprint density at radius 1 is 1.24 bits per heavy atom. The molecule has 1 aliphatic heterocycles. The molecule has 6 nitrogen and oxygen atoms in total. The van der Waals surface area contributed by atoms with E-state index in [0.29, 0.717) is 23.1 Å². The third-order valence-electron chi connectivity index (χ3n) is 5.14. The van der Waals surface area contributed by atoms with Gasteiger partial charge in [-0.3, -0.25) is 4.79 Å². The largest absolute Gasteiger partial charge is 0.466 e. The third-order valence-corrected chi connectivity index (χ3v) is 5.88. The van der Waals surface area contributed by atoms with E-state index in [0.717, 1.165) is 5.56 Å². The van der Waals surface area contributed by atoms with Crippen molar-refractivity contribution >= 4 is 35.3 Å². The number of nitrogens with zero attached hydrogens (tertiary/aromatic N) is 1. The molecule has 3 atom stereocenters. The monoisotopic (exact) mass is 445 g/mol. The zero-order valence-electron chi connectivity index (χ0n) is 17.3. The lowest BCUT2D eigenvalue weighted by Crippen LogP contribution is -2.42. The molecule has 162 valence electrons. The maximum Gasteiger partial charge on any atom is 0.407 e. The van der Waals surface area contributed by atoms with Crippen molar-refractivity contribution in [3.8, 4) is 0 Å². The van der Waals surface area contributed by atoms with Crippen LogP contribution in [0.15, 0.2) is 18.2 Å². The maximum atomic E-state index is 11.9. The number of carbonyl (C=O) groups excluding carboxylic acids is 1. The molecule has 1 heterocycles. The van der Waals surface area contributed by atoms with Gasteiger partial charge in [0.1, 0.15) is 0 Å². The van der Waals surface area contributed by atoms with Crippen LogP contribution in [0.4, 0.5) is 4.79 Å². The fourth-order valence-corrected chi connectivity index (χ4v) is 3.74. The first-order chi connectivity index (χ1) is 13.5. The highest BCUT2D eigenvalue weighted by atomic mass is 35.5. The van der Waals surface area contributed by atoms with Gasteiger partial charge in [-0.2, -0.15) is 0 Å². The molecular formula is C21H29Cl2NO5. The van der Waals surface area contributed by atoms with Crippen molar-refractivity contribution in [2.24, 2.45) is 5.41 Å². The Morgan fingerprint density at radius 3 is 2.48 bits per heavy atom. The van der Waals surface area contributed by atoms with Crippen LogP contribution >= 0.6 is 23.2 Å². The summed E-state index contributed by atoms with van der Waals surface area (Å²) < 4.78 is 11.5. The van der Waals surface area contributed by atoms with Gasteiger partial charge in [0.25, 0.3) is 0 Å². The highest BCUT2D eigenvalue weighted by Gasteiger charge is 2.39. The van der Waals surface area contributed by atoms with Crippen LogP contribution in [0.3, 0.4) is 0 Å². The van der Waals surface area contributed by atoms with Crippen LogP contribution in [-0.2, 0) is 14.3 Å². The summed E-state index contributed by atoms with van der Waals surface area (Å²) in [6.07, 6.45) is -1.08. The second-order valence-electron chi connectivity index (χ2n) is 8.34. The summed E-state index contributed by atoms with van der Waals surface area (Å²) in [7, 11) is 0. The van der Waals surface area contributed by atoms with Crippen molar-refractivity contribution in [1.82, 2.24) is 4.90 Å². The molecule has 1 fully saturated rings. The molecule has 29 heavy (non-hydrogen) atoms. The second kappa shape index (κ2) is 10.0. The third kappa shape index (κ3) is 6.49. The fourth-order valence-electron chi connectivity index (χ4n) is 3.44. The van der Waals surface area contributed by atoms with Crippen LogP contribution in [-0.4, -0.2) is 54.0 Å². The van der Waals surface area contributed by atoms with Crippen molar-refractivity contribution in [2.75, 3.05) is 19.7 Å². The first-order valence-electron chi connectivity index (χ1n) is 9.76. The fraction of sp³-hybridized carbons (Fsp3) is 0.619. The van der Waals surface area contributed by atoms with Gasteiger partial charge in [-0.15, -0.1) is 0 Å². The minimum atomic E-state index is -1.00. The van der Waals surface area contributed by atoms with Gasteiger partial charge in [-0.1, -0.05) is 50.0 Å². The Kier molecular flexibility index (Phi) is 8.20. The van der Waals surface area contributed by atoms with Crippen LogP contribution in [0.5, 0.6) is 0 Å². The van der Waals surface area contributed by atoms with Crippen molar-refractivity contribution < 1.29 is 24.2 Å². The van der Waals surface area contributed by atoms with E-state index in [2.05, 4.69) is 0 Å². The number of rotatable bonds is 5. The highest BCUT2D eigenvalue weighted by Crippen LogP contribution is 2.37. The van der Waals surface area contributed by atoms with Gasteiger partial charge in [-0.25, -0.2) is 4.79 Å². The van der Waals surface area contributed by atoms with Gasteiger partial charge in [-0.05, 0) is 36.5 Å². The molecule has 0 spiro atoms. The Labute approximate surface area is 182 Å². The molecule has 1 amide bonds. The minimum absolute atomic E-state index is 0.195. The molecule has 0 aliphatic carbocycles. The second-order valence-corrected chi connectivity index (χ2v) is 9.15. The van der Waals surface area contributed by atoms with Crippen LogP contribution in [0.2, 0.25) is 10.0 Å². The Hall–Kier alpha value is -1.50. The van der Waals surface area contributed by atoms with Crippen LogP contribution in [0, 0.1) is 5.41 Å². The standard InChI is InChI=1S/C21H29Cl2NO5/c1-5-28-19(25)9-8-17-14(13-6-7-15(22)16(23)10-13)11-24(20(26)27)12-18(29-17)21(2,3)4/h6-7,10,14,17-18H,5,8-9,11-12H2,1-4H3,(H,26,27). The van der Waals surface area contributed by atoms with Gasteiger partial charge >= 0.3 is 12.1 Å². The van der Waals surface area contributed by atoms with Gasteiger partial charge in [0.2, 0.25) is 0 Å². The van der Waals surface area contributed by atoms with E-state index in [4.69, 9.17) is 32.7 Å². The minimum Gasteiger partial charge on any atom is -0.466 e. The Morgan fingerprint density at radius 2 is 1.93 bits per heavy atom. The quantitative estimate of drug-likeness (QED) is 0.628. The predicted octanol–water partition coefficient (Wildman–Crippen LogP) is 5.21. The van der Waals surface area contributed by atoms with Crippen LogP contribution < -0.4 is 0 Å². The number of esters is 1. The molecule has 8 heteroatoms. The molecule has 1 aromatic rings. The van der Waals surface area contributed by atoms with Crippen LogP contribution in [0.25, 0.3) is 0 Å². The number of hydrogen-bond donors (Lipinski definition) is 1. The number of halogens is 2. The predicted molar refractivity (Wildman–Crippen MR) is 113 cm³/mol. The van der Waals surface area contributed by atoms with Crippen molar-refractivity contribution in [2.45, 2.75) is 58.7 Å². The summed E-state index contributed by atoms with van der Waals surface area (Å²) in [4.78, 5) is 25.2. The van der Waals surface area contributed by atoms with Crippen molar-refractivity contribution in [3.63, 3.8) is 0 Å². The van der Waals surface area contributed by atoms with Gasteiger partial charge in [0, 0.05) is 18.9 Å². The summed E-state index contributed by atoms with van der Waals surface area (Å²) in [6.45, 7) is 8.62. The Bertz CT molecular complexity index is 734. The zero-order valence-corrected chi connectivity index (χ0v) is 18.8. The molecular weight excluding hydrogens is 417 g/mol. The lowest BCUT2D eigenvalue weighted by atomic mass is 9.88. The van der Waals surface area contributed by atoms with E-state index >= 15 is 0 Å². The maximum absolute atomic E-state index is 11.9. The van der Waals surface area contributed by atoms with Gasteiger partial charge in [0.05, 0.1) is 35.4 Å². The molecule has 2 rings (SSSR count). The van der Waals surface area contributed by atoms with E-state index in [-0.39, 0.29) is 49.0 Å². The number of amides is 1. The average Bonchev–Trinajstić information content (AvgIpc) is 2.82. The topological polar surface area (TPSA) is 76.1 Å². The molecule has 1 N–H and O–H groups in total. The first kappa shape index (κ1) is 23.8. The molecule has 1 saturated heterocycles. The van der Waals surface area contributed by atoms with Crippen molar-refractivity contribution in [3.05, 3.63) is 33.8 Å². The van der Waals surface area contributed by atoms with Gasteiger partial charge in [0.15, 0.2) is 0 Å². The summed E-state index contributed by atoms with van der Waals surface area (Å²) in [6, 6.07) is 5.27. The molecule has 0 radical (unpaired) electrons. The first-order valence-corrected chi connectivity index (χ1v) is 10.5. The zero-order chi connectivity index (χ0) is 21.8. The lowest BCUT2D eigenvalue weighted by Gasteiger charge is -2.34. The molecule has 1 aromatic carbocycles.